The molecule has 2 atom stereocenters. The van der Waals surface area contributed by atoms with Crippen LogP contribution in [0.4, 0.5) is 4.39 Å². The second-order valence-electron chi connectivity index (χ2n) is 3.65. The van der Waals surface area contributed by atoms with Crippen LogP contribution in [0.3, 0.4) is 0 Å². The van der Waals surface area contributed by atoms with Crippen LogP contribution in [-0.2, 0) is 0 Å². The van der Waals surface area contributed by atoms with Gasteiger partial charge in [0.25, 0.3) is 0 Å². The maximum atomic E-state index is 12.9. The quantitative estimate of drug-likeness (QED) is 0.835. The highest BCUT2D eigenvalue weighted by Crippen LogP contribution is 2.20. The van der Waals surface area contributed by atoms with E-state index < -0.39 is 5.82 Å². The number of benzene rings is 1. The average Bonchev–Trinajstić information content (AvgIpc) is 2.21. The second-order valence-corrected chi connectivity index (χ2v) is 4.05. The molecule has 0 saturated heterocycles. The number of hydrogen-bond acceptors (Lipinski definition) is 2. The minimum absolute atomic E-state index is 0.00354. The predicted molar refractivity (Wildman–Crippen MR) is 59.5 cm³/mol. The molecule has 0 aliphatic heterocycles. The zero-order chi connectivity index (χ0) is 11.4. The second kappa shape index (κ2) is 5.45. The van der Waals surface area contributed by atoms with Gasteiger partial charge >= 0.3 is 0 Å². The van der Waals surface area contributed by atoms with Crippen LogP contribution in [0.25, 0.3) is 0 Å². The van der Waals surface area contributed by atoms with Crippen molar-refractivity contribution >= 4 is 11.6 Å². The molecule has 4 heteroatoms. The van der Waals surface area contributed by atoms with Crippen molar-refractivity contribution < 1.29 is 9.50 Å². The first-order valence-electron chi connectivity index (χ1n) is 4.86. The van der Waals surface area contributed by atoms with Gasteiger partial charge in [0, 0.05) is 12.1 Å². The summed E-state index contributed by atoms with van der Waals surface area (Å²) < 4.78 is 12.9. The van der Waals surface area contributed by atoms with E-state index in [1.54, 1.807) is 12.1 Å². The third-order valence-corrected chi connectivity index (χ3v) is 2.54. The zero-order valence-corrected chi connectivity index (χ0v) is 9.55. The van der Waals surface area contributed by atoms with Crippen LogP contribution in [0.5, 0.6) is 0 Å². The monoisotopic (exact) mass is 231 g/mol. The Balaban J connectivity index is 2.73. The van der Waals surface area contributed by atoms with E-state index in [0.29, 0.717) is 0 Å². The van der Waals surface area contributed by atoms with Crippen molar-refractivity contribution in [2.45, 2.75) is 25.9 Å². The van der Waals surface area contributed by atoms with Gasteiger partial charge in [-0.15, -0.1) is 0 Å². The van der Waals surface area contributed by atoms with Gasteiger partial charge in [0.15, 0.2) is 0 Å². The topological polar surface area (TPSA) is 32.3 Å². The molecule has 1 aromatic carbocycles. The van der Waals surface area contributed by atoms with Gasteiger partial charge < -0.3 is 10.4 Å². The lowest BCUT2D eigenvalue weighted by atomic mass is 10.1. The van der Waals surface area contributed by atoms with Crippen LogP contribution in [-0.4, -0.2) is 17.8 Å². The van der Waals surface area contributed by atoms with Crippen molar-refractivity contribution in [3.63, 3.8) is 0 Å². The smallest absolute Gasteiger partial charge is 0.141 e. The summed E-state index contributed by atoms with van der Waals surface area (Å²) in [5, 5.41) is 12.2. The molecule has 0 aliphatic carbocycles. The lowest BCUT2D eigenvalue weighted by Gasteiger charge is -2.18. The molecular formula is C11H15ClFNO. The Bertz CT molecular complexity index is 332. The molecule has 1 aromatic rings. The Morgan fingerprint density at radius 1 is 1.47 bits per heavy atom. The first-order chi connectivity index (χ1) is 7.04. The van der Waals surface area contributed by atoms with E-state index in [1.807, 2.05) is 13.8 Å². The van der Waals surface area contributed by atoms with Gasteiger partial charge in [-0.1, -0.05) is 17.7 Å². The standard InChI is InChI=1S/C11H15ClFNO/c1-7(6-15)14-8(2)9-3-4-11(13)10(12)5-9/h3-5,7-8,14-15H,6H2,1-2H3/t7-,8+/m1/s1. The molecule has 0 aliphatic rings. The normalized spacial score (nSPS) is 15.0. The molecule has 0 radical (unpaired) electrons. The molecule has 0 unspecified atom stereocenters. The number of aliphatic hydroxyl groups excluding tert-OH is 1. The summed E-state index contributed by atoms with van der Waals surface area (Å²) in [4.78, 5) is 0. The minimum atomic E-state index is -0.414. The Hall–Kier alpha value is -0.640. The third kappa shape index (κ3) is 3.45. The van der Waals surface area contributed by atoms with Crippen LogP contribution in [0.2, 0.25) is 5.02 Å². The molecule has 0 spiro atoms. The summed E-state index contributed by atoms with van der Waals surface area (Å²) >= 11 is 5.68. The van der Waals surface area contributed by atoms with Crippen molar-refractivity contribution in [3.05, 3.63) is 34.6 Å². The Labute approximate surface area is 94.1 Å². The molecule has 0 bridgehead atoms. The Morgan fingerprint density at radius 2 is 2.13 bits per heavy atom. The third-order valence-electron chi connectivity index (χ3n) is 2.25. The largest absolute Gasteiger partial charge is 0.395 e. The van der Waals surface area contributed by atoms with Gasteiger partial charge in [-0.05, 0) is 31.5 Å². The summed E-state index contributed by atoms with van der Waals surface area (Å²) in [7, 11) is 0. The van der Waals surface area contributed by atoms with Gasteiger partial charge in [-0.25, -0.2) is 4.39 Å². The Kier molecular flexibility index (Phi) is 4.51. The van der Waals surface area contributed by atoms with Crippen LogP contribution >= 0.6 is 11.6 Å². The van der Waals surface area contributed by atoms with Crippen molar-refractivity contribution in [2.24, 2.45) is 0 Å². The van der Waals surface area contributed by atoms with Gasteiger partial charge in [-0.2, -0.15) is 0 Å². The highest BCUT2D eigenvalue weighted by atomic mass is 35.5. The summed E-state index contributed by atoms with van der Waals surface area (Å²) in [6.45, 7) is 3.89. The molecule has 0 fully saturated rings. The molecule has 1 rings (SSSR count). The van der Waals surface area contributed by atoms with E-state index >= 15 is 0 Å². The number of halogens is 2. The van der Waals surface area contributed by atoms with E-state index in [9.17, 15) is 4.39 Å². The maximum absolute atomic E-state index is 12.9. The number of rotatable bonds is 4. The van der Waals surface area contributed by atoms with Gasteiger partial charge in [-0.3, -0.25) is 0 Å². The van der Waals surface area contributed by atoms with Gasteiger partial charge in [0.2, 0.25) is 0 Å². The fraction of sp³-hybridized carbons (Fsp3) is 0.455. The molecule has 84 valence electrons. The van der Waals surface area contributed by atoms with E-state index in [-0.39, 0.29) is 23.7 Å². The first-order valence-corrected chi connectivity index (χ1v) is 5.24. The van der Waals surface area contributed by atoms with Crippen LogP contribution in [0.15, 0.2) is 18.2 Å². The van der Waals surface area contributed by atoms with E-state index in [4.69, 9.17) is 16.7 Å². The molecule has 0 saturated carbocycles. The van der Waals surface area contributed by atoms with E-state index in [2.05, 4.69) is 5.32 Å². The predicted octanol–water partition coefficient (Wildman–Crippen LogP) is 2.51. The molecule has 2 nitrogen and oxygen atoms in total. The number of hydrogen-bond donors (Lipinski definition) is 2. The van der Waals surface area contributed by atoms with Crippen molar-refractivity contribution in [1.82, 2.24) is 5.32 Å². The van der Waals surface area contributed by atoms with Crippen molar-refractivity contribution in [1.29, 1.82) is 0 Å². The summed E-state index contributed by atoms with van der Waals surface area (Å²) in [6, 6.07) is 4.66. The highest BCUT2D eigenvalue weighted by molar-refractivity contribution is 6.30. The Morgan fingerprint density at radius 3 is 2.67 bits per heavy atom. The van der Waals surface area contributed by atoms with Crippen molar-refractivity contribution in [3.8, 4) is 0 Å². The van der Waals surface area contributed by atoms with Crippen molar-refractivity contribution in [2.75, 3.05) is 6.61 Å². The molecule has 15 heavy (non-hydrogen) atoms. The fourth-order valence-electron chi connectivity index (χ4n) is 1.36. The number of nitrogens with one attached hydrogen (secondary N) is 1. The summed E-state index contributed by atoms with van der Waals surface area (Å²) in [5.74, 6) is -0.414. The minimum Gasteiger partial charge on any atom is -0.395 e. The average molecular weight is 232 g/mol. The maximum Gasteiger partial charge on any atom is 0.141 e. The number of aliphatic hydroxyl groups is 1. The van der Waals surface area contributed by atoms with E-state index in [0.717, 1.165) is 5.56 Å². The lowest BCUT2D eigenvalue weighted by Crippen LogP contribution is -2.31. The molecular weight excluding hydrogens is 217 g/mol. The van der Waals surface area contributed by atoms with Crippen LogP contribution in [0, 0.1) is 5.82 Å². The highest BCUT2D eigenvalue weighted by Gasteiger charge is 2.10. The van der Waals surface area contributed by atoms with Crippen LogP contribution < -0.4 is 5.32 Å². The summed E-state index contributed by atoms with van der Waals surface area (Å²) in [6.07, 6.45) is 0. The van der Waals surface area contributed by atoms with Crippen LogP contribution in [0.1, 0.15) is 25.5 Å². The SMILES string of the molecule is C[C@H](CO)N[C@@H](C)c1ccc(F)c(Cl)c1. The molecule has 2 N–H and O–H groups in total. The fourth-order valence-corrected chi connectivity index (χ4v) is 1.55. The lowest BCUT2D eigenvalue weighted by molar-refractivity contribution is 0.243. The first kappa shape index (κ1) is 12.4. The summed E-state index contributed by atoms with van der Waals surface area (Å²) in [5.41, 5.74) is 0.904. The molecule has 0 aromatic heterocycles. The van der Waals surface area contributed by atoms with E-state index in [1.165, 1.54) is 6.07 Å². The molecule has 0 amide bonds. The zero-order valence-electron chi connectivity index (χ0n) is 8.80. The molecule has 0 heterocycles. The van der Waals surface area contributed by atoms with Gasteiger partial charge in [0.05, 0.1) is 11.6 Å². The van der Waals surface area contributed by atoms with Gasteiger partial charge in [0.1, 0.15) is 5.82 Å².